The van der Waals surface area contributed by atoms with Gasteiger partial charge in [-0.1, -0.05) is 18.2 Å². The number of amides is 1. The molecule has 1 aliphatic rings. The molecule has 1 aliphatic heterocycles. The van der Waals surface area contributed by atoms with Crippen molar-refractivity contribution >= 4 is 33.5 Å². The second-order valence-corrected chi connectivity index (χ2v) is 10.9. The van der Waals surface area contributed by atoms with Crippen LogP contribution in [-0.2, 0) is 4.74 Å². The maximum absolute atomic E-state index is 12.4. The summed E-state index contributed by atoms with van der Waals surface area (Å²) < 4.78 is 7.39. The number of pyridine rings is 1. The molecule has 7 nitrogen and oxygen atoms in total. The quantitative estimate of drug-likeness (QED) is 0.314. The van der Waals surface area contributed by atoms with E-state index in [1.807, 2.05) is 36.4 Å². The third kappa shape index (κ3) is 4.08. The van der Waals surface area contributed by atoms with Crippen LogP contribution in [0.3, 0.4) is 0 Å². The summed E-state index contributed by atoms with van der Waals surface area (Å²) in [5, 5.41) is 6.78. The first-order chi connectivity index (χ1) is 17.2. The number of hydrogen-bond acceptors (Lipinski definition) is 4. The van der Waals surface area contributed by atoms with Crippen molar-refractivity contribution in [3.8, 4) is 11.1 Å². The van der Waals surface area contributed by atoms with Crippen molar-refractivity contribution in [1.29, 1.82) is 0 Å². The van der Waals surface area contributed by atoms with E-state index in [0.717, 1.165) is 59.3 Å². The molecule has 0 unspecified atom stereocenters. The molecule has 7 heteroatoms. The Morgan fingerprint density at radius 1 is 1.00 bits per heavy atom. The Bertz CT molecular complexity index is 1600. The van der Waals surface area contributed by atoms with Crippen LogP contribution in [0.1, 0.15) is 50.7 Å². The monoisotopic (exact) mass is 481 g/mol. The molecule has 0 spiro atoms. The predicted octanol–water partition coefficient (Wildman–Crippen LogP) is 6.45. The number of aromatic amines is 1. The number of aromatic nitrogens is 4. The molecule has 0 atom stereocenters. The Labute approximate surface area is 210 Å². The highest BCUT2D eigenvalue weighted by Crippen LogP contribution is 2.35. The first-order valence-corrected chi connectivity index (χ1v) is 12.6. The predicted molar refractivity (Wildman–Crippen MR) is 142 cm³/mol. The Morgan fingerprint density at radius 3 is 2.58 bits per heavy atom. The molecule has 1 N–H and O–H groups in total. The first-order valence-electron chi connectivity index (χ1n) is 12.6. The number of nitrogens with one attached hydrogen (secondary N) is 1. The first kappa shape index (κ1) is 22.6. The molecular weight excluding hydrogens is 450 g/mol. The Balaban J connectivity index is 1.26. The van der Waals surface area contributed by atoms with Crippen molar-refractivity contribution in [2.24, 2.45) is 0 Å². The van der Waals surface area contributed by atoms with E-state index in [1.165, 1.54) is 16.3 Å². The molecular formula is C29H31N5O2. The van der Waals surface area contributed by atoms with Gasteiger partial charge in [-0.25, -0.2) is 14.3 Å². The summed E-state index contributed by atoms with van der Waals surface area (Å²) >= 11 is 0. The molecule has 1 saturated heterocycles. The normalized spacial score (nSPS) is 15.3. The molecule has 2 aromatic carbocycles. The fourth-order valence-electron chi connectivity index (χ4n) is 5.33. The standard InChI is InChI=1S/C29H31N5O2/c1-18-13-22(16-34-27(18)30-17-31-34)21-5-7-23-24-14-20(6-8-25(24)32-26(23)15-21)19-9-11-33(12-10-19)28(35)36-29(2,3)4/h5-8,13-17,19,32H,9-12H2,1-4H3. The van der Waals surface area contributed by atoms with Crippen molar-refractivity contribution in [3.05, 3.63) is 66.1 Å². The minimum absolute atomic E-state index is 0.206. The van der Waals surface area contributed by atoms with Gasteiger partial charge in [0.2, 0.25) is 0 Å². The van der Waals surface area contributed by atoms with E-state index in [0.29, 0.717) is 5.92 Å². The summed E-state index contributed by atoms with van der Waals surface area (Å²) in [5.74, 6) is 0.440. The number of aryl methyl sites for hydroxylation is 1. The van der Waals surface area contributed by atoms with E-state index in [-0.39, 0.29) is 6.09 Å². The molecule has 3 aromatic heterocycles. The van der Waals surface area contributed by atoms with E-state index in [9.17, 15) is 4.79 Å². The number of rotatable bonds is 2. The summed E-state index contributed by atoms with van der Waals surface area (Å²) in [6.07, 6.45) is 5.30. The summed E-state index contributed by atoms with van der Waals surface area (Å²) in [6, 6.07) is 15.5. The van der Waals surface area contributed by atoms with E-state index >= 15 is 0 Å². The molecule has 0 radical (unpaired) electrons. The SMILES string of the molecule is Cc1cc(-c2ccc3c(c2)[nH]c2ccc(C4CCN(C(=O)OC(C)(C)C)CC4)cc23)cn2ncnc12. The number of nitrogens with zero attached hydrogens (tertiary/aromatic N) is 4. The Kier molecular flexibility index (Phi) is 5.25. The van der Waals surface area contributed by atoms with Crippen molar-refractivity contribution in [1.82, 2.24) is 24.5 Å². The second kappa shape index (κ2) is 8.36. The lowest BCUT2D eigenvalue weighted by Crippen LogP contribution is -2.41. The van der Waals surface area contributed by atoms with Crippen LogP contribution in [0.25, 0.3) is 38.6 Å². The van der Waals surface area contributed by atoms with Crippen LogP contribution < -0.4 is 0 Å². The van der Waals surface area contributed by atoms with Crippen molar-refractivity contribution in [2.45, 2.75) is 52.1 Å². The zero-order chi connectivity index (χ0) is 25.0. The van der Waals surface area contributed by atoms with Gasteiger partial charge in [0.25, 0.3) is 0 Å². The largest absolute Gasteiger partial charge is 0.444 e. The minimum Gasteiger partial charge on any atom is -0.444 e. The zero-order valence-electron chi connectivity index (χ0n) is 21.2. The fraction of sp³-hybridized carbons (Fsp3) is 0.345. The highest BCUT2D eigenvalue weighted by molar-refractivity contribution is 6.08. The number of ether oxygens (including phenoxy) is 1. The molecule has 184 valence electrons. The number of carbonyl (C=O) groups is 1. The number of piperidine rings is 1. The van der Waals surface area contributed by atoms with Gasteiger partial charge in [-0.2, -0.15) is 5.10 Å². The molecule has 6 rings (SSSR count). The van der Waals surface area contributed by atoms with Crippen molar-refractivity contribution < 1.29 is 9.53 Å². The molecule has 1 amide bonds. The summed E-state index contributed by atoms with van der Waals surface area (Å²) in [6.45, 7) is 9.25. The van der Waals surface area contributed by atoms with Crippen molar-refractivity contribution in [2.75, 3.05) is 13.1 Å². The van der Waals surface area contributed by atoms with Gasteiger partial charge in [0.15, 0.2) is 5.65 Å². The average molecular weight is 482 g/mol. The van der Waals surface area contributed by atoms with Gasteiger partial charge in [0, 0.05) is 46.7 Å². The minimum atomic E-state index is -0.462. The van der Waals surface area contributed by atoms with Crippen LogP contribution in [0.4, 0.5) is 4.79 Å². The number of fused-ring (bicyclic) bond motifs is 4. The second-order valence-electron chi connectivity index (χ2n) is 10.9. The lowest BCUT2D eigenvalue weighted by atomic mass is 9.88. The lowest BCUT2D eigenvalue weighted by Gasteiger charge is -2.33. The summed E-state index contributed by atoms with van der Waals surface area (Å²) in [4.78, 5) is 22.2. The number of carbonyl (C=O) groups excluding carboxylic acids is 1. The number of benzene rings is 2. The fourth-order valence-corrected chi connectivity index (χ4v) is 5.33. The average Bonchev–Trinajstić information content (AvgIpc) is 3.47. The van der Waals surface area contributed by atoms with Crippen molar-refractivity contribution in [3.63, 3.8) is 0 Å². The summed E-state index contributed by atoms with van der Waals surface area (Å²) in [7, 11) is 0. The molecule has 1 fully saturated rings. The molecule has 0 aliphatic carbocycles. The van der Waals surface area contributed by atoms with Gasteiger partial charge in [0.1, 0.15) is 11.9 Å². The van der Waals surface area contributed by atoms with E-state index in [2.05, 4.69) is 64.5 Å². The number of H-pyrrole nitrogens is 1. The molecule has 0 bridgehead atoms. The molecule has 0 saturated carbocycles. The van der Waals surface area contributed by atoms with Gasteiger partial charge in [-0.05, 0) is 87.4 Å². The van der Waals surface area contributed by atoms with Gasteiger partial charge in [-0.3, -0.25) is 0 Å². The number of likely N-dealkylation sites (tertiary alicyclic amines) is 1. The maximum atomic E-state index is 12.4. The smallest absolute Gasteiger partial charge is 0.410 e. The number of hydrogen-bond donors (Lipinski definition) is 1. The summed E-state index contributed by atoms with van der Waals surface area (Å²) in [5.41, 5.74) is 7.38. The van der Waals surface area contributed by atoms with E-state index in [1.54, 1.807) is 6.33 Å². The third-order valence-electron chi connectivity index (χ3n) is 7.13. The van der Waals surface area contributed by atoms with Crippen LogP contribution in [0.5, 0.6) is 0 Å². The topological polar surface area (TPSA) is 75.5 Å². The third-order valence-corrected chi connectivity index (χ3v) is 7.13. The Hall–Kier alpha value is -3.87. The molecule has 36 heavy (non-hydrogen) atoms. The highest BCUT2D eigenvalue weighted by atomic mass is 16.6. The van der Waals surface area contributed by atoms with E-state index < -0.39 is 5.60 Å². The van der Waals surface area contributed by atoms with Gasteiger partial charge in [0.05, 0.1) is 0 Å². The Morgan fingerprint density at radius 2 is 1.81 bits per heavy atom. The van der Waals surface area contributed by atoms with Crippen LogP contribution >= 0.6 is 0 Å². The maximum Gasteiger partial charge on any atom is 0.410 e. The van der Waals surface area contributed by atoms with Crippen LogP contribution in [-0.4, -0.2) is 49.3 Å². The lowest BCUT2D eigenvalue weighted by molar-refractivity contribution is 0.0205. The molecule has 5 aromatic rings. The van der Waals surface area contributed by atoms with Gasteiger partial charge in [-0.15, -0.1) is 0 Å². The highest BCUT2D eigenvalue weighted by Gasteiger charge is 2.27. The van der Waals surface area contributed by atoms with Gasteiger partial charge < -0.3 is 14.6 Å². The van der Waals surface area contributed by atoms with E-state index in [4.69, 9.17) is 4.74 Å². The van der Waals surface area contributed by atoms with Crippen LogP contribution in [0.15, 0.2) is 55.0 Å². The zero-order valence-corrected chi connectivity index (χ0v) is 21.2. The van der Waals surface area contributed by atoms with Gasteiger partial charge >= 0.3 is 6.09 Å². The van der Waals surface area contributed by atoms with Crippen LogP contribution in [0.2, 0.25) is 0 Å². The molecule has 4 heterocycles. The van der Waals surface area contributed by atoms with Crippen LogP contribution in [0, 0.1) is 6.92 Å².